The third kappa shape index (κ3) is 3.60. The van der Waals surface area contributed by atoms with Crippen LogP contribution in [0.4, 0.5) is 5.69 Å². The van der Waals surface area contributed by atoms with Crippen LogP contribution in [0.1, 0.15) is 17.3 Å². The summed E-state index contributed by atoms with van der Waals surface area (Å²) in [7, 11) is 1.41. The second-order valence-electron chi connectivity index (χ2n) is 4.78. The first-order chi connectivity index (χ1) is 10.5. The Bertz CT molecular complexity index is 669. The second-order valence-corrected chi connectivity index (χ2v) is 4.78. The predicted octanol–water partition coefficient (Wildman–Crippen LogP) is 1.62. The van der Waals surface area contributed by atoms with Crippen LogP contribution >= 0.6 is 0 Å². The van der Waals surface area contributed by atoms with E-state index in [0.717, 1.165) is 0 Å². The van der Waals surface area contributed by atoms with Gasteiger partial charge in [-0.3, -0.25) is 14.9 Å². The van der Waals surface area contributed by atoms with Crippen molar-refractivity contribution in [3.63, 3.8) is 0 Å². The van der Waals surface area contributed by atoms with Gasteiger partial charge in [0.25, 0.3) is 11.6 Å². The molecule has 1 amide bonds. The number of benzene rings is 1. The first kappa shape index (κ1) is 15.5. The van der Waals surface area contributed by atoms with Crippen LogP contribution in [-0.2, 0) is 6.54 Å². The molecular formula is C14H16N4O4. The van der Waals surface area contributed by atoms with Crippen molar-refractivity contribution in [3.8, 4) is 5.75 Å². The standard InChI is InChI=1S/C14H16N4O4/c1-10(8-17-6-5-15-9-17)16-14(19)12-7-11(18(20)21)3-4-13(12)22-2/h3-7,9-10H,8H2,1-2H3,(H,16,19)/t10-/m0/s1. The van der Waals surface area contributed by atoms with Crippen molar-refractivity contribution >= 4 is 11.6 Å². The quantitative estimate of drug-likeness (QED) is 0.645. The SMILES string of the molecule is COc1ccc([N+](=O)[O-])cc1C(=O)N[C@@H](C)Cn1ccnc1. The van der Waals surface area contributed by atoms with Crippen molar-refractivity contribution in [1.29, 1.82) is 0 Å². The molecule has 0 aliphatic heterocycles. The van der Waals surface area contributed by atoms with E-state index in [9.17, 15) is 14.9 Å². The number of aromatic nitrogens is 2. The zero-order valence-electron chi connectivity index (χ0n) is 12.2. The maximum absolute atomic E-state index is 12.3. The van der Waals surface area contributed by atoms with E-state index < -0.39 is 10.8 Å². The van der Waals surface area contributed by atoms with Crippen LogP contribution in [0.5, 0.6) is 5.75 Å². The summed E-state index contributed by atoms with van der Waals surface area (Å²) in [5.41, 5.74) is -0.0256. The van der Waals surface area contributed by atoms with Gasteiger partial charge in [0.05, 0.1) is 23.9 Å². The third-order valence-corrected chi connectivity index (χ3v) is 3.06. The van der Waals surface area contributed by atoms with Gasteiger partial charge in [-0.05, 0) is 13.0 Å². The van der Waals surface area contributed by atoms with Gasteiger partial charge in [-0.25, -0.2) is 4.98 Å². The number of nitro groups is 1. The number of amides is 1. The molecule has 1 atom stereocenters. The number of hydrogen-bond acceptors (Lipinski definition) is 5. The number of nitro benzene ring substituents is 1. The summed E-state index contributed by atoms with van der Waals surface area (Å²) in [4.78, 5) is 26.5. The fraction of sp³-hybridized carbons (Fsp3) is 0.286. The van der Waals surface area contributed by atoms with Crippen molar-refractivity contribution in [2.45, 2.75) is 19.5 Å². The lowest BCUT2D eigenvalue weighted by atomic mass is 10.1. The molecule has 0 aliphatic rings. The van der Waals surface area contributed by atoms with E-state index in [1.807, 2.05) is 11.5 Å². The number of rotatable bonds is 6. The van der Waals surface area contributed by atoms with Gasteiger partial charge in [0, 0.05) is 37.1 Å². The van der Waals surface area contributed by atoms with Crippen LogP contribution in [0.2, 0.25) is 0 Å². The number of nitrogens with one attached hydrogen (secondary N) is 1. The van der Waals surface area contributed by atoms with Crippen molar-refractivity contribution in [3.05, 3.63) is 52.6 Å². The zero-order valence-corrected chi connectivity index (χ0v) is 12.2. The van der Waals surface area contributed by atoms with Gasteiger partial charge in [0.15, 0.2) is 0 Å². The molecule has 0 saturated heterocycles. The molecule has 0 fully saturated rings. The summed E-state index contributed by atoms with van der Waals surface area (Å²) in [6, 6.07) is 3.74. The average Bonchev–Trinajstić information content (AvgIpc) is 2.99. The molecule has 22 heavy (non-hydrogen) atoms. The summed E-state index contributed by atoms with van der Waals surface area (Å²) in [5, 5.41) is 13.6. The molecule has 1 aromatic carbocycles. The Balaban J connectivity index is 2.13. The number of hydrogen-bond donors (Lipinski definition) is 1. The molecule has 0 aliphatic carbocycles. The summed E-state index contributed by atoms with van der Waals surface area (Å²) in [6.07, 6.45) is 5.09. The van der Waals surface area contributed by atoms with Gasteiger partial charge in [0.1, 0.15) is 5.75 Å². The van der Waals surface area contributed by atoms with Crippen LogP contribution in [-0.4, -0.2) is 33.5 Å². The highest BCUT2D eigenvalue weighted by Gasteiger charge is 2.18. The van der Waals surface area contributed by atoms with Gasteiger partial charge in [-0.15, -0.1) is 0 Å². The molecule has 0 spiro atoms. The predicted molar refractivity (Wildman–Crippen MR) is 78.8 cm³/mol. The van der Waals surface area contributed by atoms with Crippen molar-refractivity contribution in [2.75, 3.05) is 7.11 Å². The fourth-order valence-electron chi connectivity index (χ4n) is 2.05. The normalized spacial score (nSPS) is 11.7. The maximum Gasteiger partial charge on any atom is 0.270 e. The molecule has 2 aromatic rings. The lowest BCUT2D eigenvalue weighted by Gasteiger charge is -2.15. The van der Waals surface area contributed by atoms with Crippen molar-refractivity contribution in [1.82, 2.24) is 14.9 Å². The molecule has 1 N–H and O–H groups in total. The average molecular weight is 304 g/mol. The molecule has 1 aromatic heterocycles. The molecule has 0 unspecified atom stereocenters. The Morgan fingerprint density at radius 3 is 2.91 bits per heavy atom. The summed E-state index contributed by atoms with van der Waals surface area (Å²) < 4.78 is 6.92. The van der Waals surface area contributed by atoms with Crippen LogP contribution < -0.4 is 10.1 Å². The largest absolute Gasteiger partial charge is 0.496 e. The van der Waals surface area contributed by atoms with Gasteiger partial charge in [-0.1, -0.05) is 0 Å². The third-order valence-electron chi connectivity index (χ3n) is 3.06. The van der Waals surface area contributed by atoms with E-state index in [0.29, 0.717) is 6.54 Å². The van der Waals surface area contributed by atoms with E-state index in [-0.39, 0.29) is 23.0 Å². The minimum absolute atomic E-state index is 0.134. The number of imidazole rings is 1. The number of carbonyl (C=O) groups excluding carboxylic acids is 1. The number of nitrogens with zero attached hydrogens (tertiary/aromatic N) is 3. The molecule has 0 saturated carbocycles. The lowest BCUT2D eigenvalue weighted by Crippen LogP contribution is -2.35. The smallest absolute Gasteiger partial charge is 0.270 e. The number of carbonyl (C=O) groups is 1. The molecule has 0 bridgehead atoms. The van der Waals surface area contributed by atoms with Crippen LogP contribution in [0.3, 0.4) is 0 Å². The van der Waals surface area contributed by atoms with Crippen LogP contribution in [0.25, 0.3) is 0 Å². The second kappa shape index (κ2) is 6.70. The first-order valence-electron chi connectivity index (χ1n) is 6.60. The van der Waals surface area contributed by atoms with Crippen LogP contribution in [0, 0.1) is 10.1 Å². The highest BCUT2D eigenvalue weighted by molar-refractivity contribution is 5.97. The summed E-state index contributed by atoms with van der Waals surface area (Å²) in [6.45, 7) is 2.38. The Morgan fingerprint density at radius 2 is 2.32 bits per heavy atom. The van der Waals surface area contributed by atoms with Gasteiger partial charge >= 0.3 is 0 Å². The van der Waals surface area contributed by atoms with Gasteiger partial charge in [-0.2, -0.15) is 0 Å². The van der Waals surface area contributed by atoms with Gasteiger partial charge < -0.3 is 14.6 Å². The van der Waals surface area contributed by atoms with Crippen molar-refractivity contribution < 1.29 is 14.5 Å². The monoisotopic (exact) mass is 304 g/mol. The molecule has 116 valence electrons. The van der Waals surface area contributed by atoms with Crippen LogP contribution in [0.15, 0.2) is 36.9 Å². The Kier molecular flexibility index (Phi) is 4.72. The number of methoxy groups -OCH3 is 1. The van der Waals surface area contributed by atoms with E-state index in [1.54, 1.807) is 18.7 Å². The van der Waals surface area contributed by atoms with E-state index in [1.165, 1.54) is 25.3 Å². The van der Waals surface area contributed by atoms with Crippen molar-refractivity contribution in [2.24, 2.45) is 0 Å². The minimum atomic E-state index is -0.550. The molecule has 8 nitrogen and oxygen atoms in total. The summed E-state index contributed by atoms with van der Waals surface area (Å²) in [5.74, 6) is -0.133. The number of non-ortho nitro benzene ring substituents is 1. The molecule has 8 heteroatoms. The van der Waals surface area contributed by atoms with E-state index >= 15 is 0 Å². The molecular weight excluding hydrogens is 288 g/mol. The Hall–Kier alpha value is -2.90. The highest BCUT2D eigenvalue weighted by Crippen LogP contribution is 2.23. The zero-order chi connectivity index (χ0) is 16.1. The molecule has 0 radical (unpaired) electrons. The topological polar surface area (TPSA) is 99.3 Å². The Labute approximate surface area is 126 Å². The molecule has 1 heterocycles. The van der Waals surface area contributed by atoms with E-state index in [2.05, 4.69) is 10.3 Å². The van der Waals surface area contributed by atoms with E-state index in [4.69, 9.17) is 4.74 Å². The lowest BCUT2D eigenvalue weighted by molar-refractivity contribution is -0.384. The first-order valence-corrected chi connectivity index (χ1v) is 6.60. The Morgan fingerprint density at radius 1 is 1.55 bits per heavy atom. The van der Waals surface area contributed by atoms with Gasteiger partial charge in [0.2, 0.25) is 0 Å². The molecule has 2 rings (SSSR count). The highest BCUT2D eigenvalue weighted by atomic mass is 16.6. The number of ether oxygens (including phenoxy) is 1. The maximum atomic E-state index is 12.3. The fourth-order valence-corrected chi connectivity index (χ4v) is 2.05. The summed E-state index contributed by atoms with van der Waals surface area (Å²) >= 11 is 0. The minimum Gasteiger partial charge on any atom is -0.496 e.